The summed E-state index contributed by atoms with van der Waals surface area (Å²) in [7, 11) is 0. The van der Waals surface area contributed by atoms with Gasteiger partial charge in [0.15, 0.2) is 0 Å². The maximum atomic E-state index is 4.38. The lowest BCUT2D eigenvalue weighted by Crippen LogP contribution is -2.13. The molecule has 0 bridgehead atoms. The van der Waals surface area contributed by atoms with E-state index in [2.05, 4.69) is 35.7 Å². The zero-order valence-electron chi connectivity index (χ0n) is 12.2. The molecule has 2 N–H and O–H groups in total. The molecule has 1 aliphatic carbocycles. The average Bonchev–Trinajstić information content (AvgIpc) is 3.14. The summed E-state index contributed by atoms with van der Waals surface area (Å²) >= 11 is 0. The van der Waals surface area contributed by atoms with E-state index < -0.39 is 0 Å². The van der Waals surface area contributed by atoms with Crippen LogP contribution in [0.1, 0.15) is 32.6 Å². The monoisotopic (exact) mass is 288 g/mol. The molecular formula is C13H20N8. The first-order valence-corrected chi connectivity index (χ1v) is 7.44. The smallest absolute Gasteiger partial charge is 0.258 e. The number of nitrogens with zero attached hydrogens (tertiary/aromatic N) is 6. The lowest BCUT2D eigenvalue weighted by molar-refractivity contribution is 0.684. The van der Waals surface area contributed by atoms with Crippen LogP contribution in [0, 0.1) is 5.92 Å². The van der Waals surface area contributed by atoms with E-state index in [1.807, 2.05) is 6.92 Å². The van der Waals surface area contributed by atoms with Gasteiger partial charge in [-0.25, -0.2) is 4.98 Å². The summed E-state index contributed by atoms with van der Waals surface area (Å²) in [6, 6.07) is 0. The second-order valence-electron chi connectivity index (χ2n) is 5.17. The van der Waals surface area contributed by atoms with Crippen molar-refractivity contribution in [1.29, 1.82) is 0 Å². The van der Waals surface area contributed by atoms with Crippen LogP contribution in [-0.4, -0.2) is 42.8 Å². The SMILES string of the molecule is CCNc1nc(NCCCC2CC2)nc(-n2cncn2)n1. The molecule has 8 nitrogen and oxygen atoms in total. The molecule has 0 radical (unpaired) electrons. The van der Waals surface area contributed by atoms with Crippen LogP contribution in [0.5, 0.6) is 0 Å². The predicted octanol–water partition coefficient (Wildman–Crippen LogP) is 1.49. The third-order valence-corrected chi connectivity index (χ3v) is 3.35. The Bertz CT molecular complexity index is 564. The quantitative estimate of drug-likeness (QED) is 0.711. The standard InChI is InChI=1S/C13H20N8/c1-2-15-11-18-12(16-7-3-4-10-5-6-10)20-13(19-11)21-9-14-8-17-21/h8-10H,2-7H2,1H3,(H2,15,16,18,19,20). The highest BCUT2D eigenvalue weighted by molar-refractivity contribution is 5.37. The highest BCUT2D eigenvalue weighted by Gasteiger charge is 2.20. The van der Waals surface area contributed by atoms with Gasteiger partial charge in [0.25, 0.3) is 5.95 Å². The van der Waals surface area contributed by atoms with Gasteiger partial charge in [-0.2, -0.15) is 24.7 Å². The lowest BCUT2D eigenvalue weighted by Gasteiger charge is -2.09. The molecule has 1 fully saturated rings. The summed E-state index contributed by atoms with van der Waals surface area (Å²) < 4.78 is 1.53. The average molecular weight is 288 g/mol. The Morgan fingerprint density at radius 3 is 2.67 bits per heavy atom. The van der Waals surface area contributed by atoms with E-state index in [0.29, 0.717) is 17.8 Å². The minimum absolute atomic E-state index is 0.461. The molecule has 112 valence electrons. The van der Waals surface area contributed by atoms with Gasteiger partial charge in [0.1, 0.15) is 12.7 Å². The molecule has 0 aliphatic heterocycles. The van der Waals surface area contributed by atoms with Crippen LogP contribution in [-0.2, 0) is 0 Å². The molecule has 2 heterocycles. The maximum absolute atomic E-state index is 4.38. The largest absolute Gasteiger partial charge is 0.354 e. The van der Waals surface area contributed by atoms with Crippen molar-refractivity contribution in [3.63, 3.8) is 0 Å². The van der Waals surface area contributed by atoms with Crippen LogP contribution in [0.3, 0.4) is 0 Å². The zero-order chi connectivity index (χ0) is 14.5. The highest BCUT2D eigenvalue weighted by Crippen LogP contribution is 2.33. The maximum Gasteiger partial charge on any atom is 0.258 e. The van der Waals surface area contributed by atoms with Crippen molar-refractivity contribution in [1.82, 2.24) is 29.7 Å². The number of anilines is 2. The van der Waals surface area contributed by atoms with E-state index in [1.54, 1.807) is 6.33 Å². The fraction of sp³-hybridized carbons (Fsp3) is 0.615. The molecule has 0 aromatic carbocycles. The van der Waals surface area contributed by atoms with Gasteiger partial charge >= 0.3 is 0 Å². The molecule has 3 rings (SSSR count). The van der Waals surface area contributed by atoms with Gasteiger partial charge in [-0.05, 0) is 25.7 Å². The second kappa shape index (κ2) is 6.47. The summed E-state index contributed by atoms with van der Waals surface area (Å²) in [6.07, 6.45) is 8.25. The Morgan fingerprint density at radius 2 is 2.00 bits per heavy atom. The van der Waals surface area contributed by atoms with Crippen LogP contribution >= 0.6 is 0 Å². The lowest BCUT2D eigenvalue weighted by atomic mass is 10.2. The summed E-state index contributed by atoms with van der Waals surface area (Å²) in [5, 5.41) is 10.4. The number of hydrogen-bond donors (Lipinski definition) is 2. The molecule has 0 atom stereocenters. The molecule has 0 spiro atoms. The molecule has 0 amide bonds. The van der Waals surface area contributed by atoms with E-state index in [9.17, 15) is 0 Å². The summed E-state index contributed by atoms with van der Waals surface area (Å²) in [5.41, 5.74) is 0. The Balaban J connectivity index is 1.68. The van der Waals surface area contributed by atoms with Crippen LogP contribution in [0.25, 0.3) is 5.95 Å². The second-order valence-corrected chi connectivity index (χ2v) is 5.17. The van der Waals surface area contributed by atoms with Crippen LogP contribution in [0.15, 0.2) is 12.7 Å². The molecule has 0 saturated heterocycles. The Hall–Kier alpha value is -2.25. The van der Waals surface area contributed by atoms with Gasteiger partial charge in [0, 0.05) is 13.1 Å². The fourth-order valence-electron chi connectivity index (χ4n) is 2.09. The zero-order valence-corrected chi connectivity index (χ0v) is 12.2. The van der Waals surface area contributed by atoms with Crippen molar-refractivity contribution in [3.05, 3.63) is 12.7 Å². The number of rotatable bonds is 8. The normalized spacial score (nSPS) is 14.1. The summed E-state index contributed by atoms with van der Waals surface area (Å²) in [4.78, 5) is 17.0. The van der Waals surface area contributed by atoms with Gasteiger partial charge in [-0.1, -0.05) is 12.8 Å². The summed E-state index contributed by atoms with van der Waals surface area (Å²) in [6.45, 7) is 3.63. The Kier molecular flexibility index (Phi) is 4.23. The topological polar surface area (TPSA) is 93.4 Å². The van der Waals surface area contributed by atoms with E-state index in [4.69, 9.17) is 0 Å². The van der Waals surface area contributed by atoms with Gasteiger partial charge in [-0.3, -0.25) is 0 Å². The van der Waals surface area contributed by atoms with Gasteiger partial charge < -0.3 is 10.6 Å². The van der Waals surface area contributed by atoms with E-state index in [-0.39, 0.29) is 0 Å². The van der Waals surface area contributed by atoms with Crippen LogP contribution < -0.4 is 10.6 Å². The van der Waals surface area contributed by atoms with Crippen LogP contribution in [0.2, 0.25) is 0 Å². The van der Waals surface area contributed by atoms with Crippen molar-refractivity contribution >= 4 is 11.9 Å². The van der Waals surface area contributed by atoms with E-state index in [1.165, 1.54) is 30.3 Å². The Morgan fingerprint density at radius 1 is 1.19 bits per heavy atom. The van der Waals surface area contributed by atoms with Crippen molar-refractivity contribution in [3.8, 4) is 5.95 Å². The van der Waals surface area contributed by atoms with E-state index in [0.717, 1.165) is 25.4 Å². The third-order valence-electron chi connectivity index (χ3n) is 3.35. The van der Waals surface area contributed by atoms with Gasteiger partial charge in [0.2, 0.25) is 11.9 Å². The molecule has 2 aromatic rings. The number of hydrogen-bond acceptors (Lipinski definition) is 7. The van der Waals surface area contributed by atoms with Crippen LogP contribution in [0.4, 0.5) is 11.9 Å². The van der Waals surface area contributed by atoms with E-state index >= 15 is 0 Å². The molecule has 1 aliphatic rings. The molecule has 8 heteroatoms. The highest BCUT2D eigenvalue weighted by atomic mass is 15.4. The third kappa shape index (κ3) is 3.87. The minimum Gasteiger partial charge on any atom is -0.354 e. The fourth-order valence-corrected chi connectivity index (χ4v) is 2.09. The van der Waals surface area contributed by atoms with Gasteiger partial charge in [0.05, 0.1) is 0 Å². The molecule has 2 aromatic heterocycles. The Labute approximate surface area is 123 Å². The molecule has 1 saturated carbocycles. The summed E-state index contributed by atoms with van der Waals surface area (Å²) in [5.74, 6) is 2.53. The first-order chi connectivity index (χ1) is 10.3. The molecule has 21 heavy (non-hydrogen) atoms. The number of nitrogens with one attached hydrogen (secondary N) is 2. The molecule has 0 unspecified atom stereocenters. The number of aromatic nitrogens is 6. The van der Waals surface area contributed by atoms with Crippen molar-refractivity contribution in [2.75, 3.05) is 23.7 Å². The first kappa shape index (κ1) is 13.7. The first-order valence-electron chi connectivity index (χ1n) is 7.44. The minimum atomic E-state index is 0.461. The molecular weight excluding hydrogens is 268 g/mol. The predicted molar refractivity (Wildman–Crippen MR) is 79.4 cm³/mol. The van der Waals surface area contributed by atoms with Gasteiger partial charge in [-0.15, -0.1) is 0 Å². The van der Waals surface area contributed by atoms with Crippen molar-refractivity contribution < 1.29 is 0 Å². The van der Waals surface area contributed by atoms with Crippen molar-refractivity contribution in [2.24, 2.45) is 5.92 Å². The van der Waals surface area contributed by atoms with Crippen molar-refractivity contribution in [2.45, 2.75) is 32.6 Å².